The lowest BCUT2D eigenvalue weighted by Crippen LogP contribution is -2.30. The number of hydrogen-bond donors (Lipinski definition) is 2. The van der Waals surface area contributed by atoms with Crippen molar-refractivity contribution in [1.29, 1.82) is 0 Å². The van der Waals surface area contributed by atoms with Crippen LogP contribution in [0, 0.1) is 6.92 Å². The number of carbonyl (C=O) groups is 1. The Balaban J connectivity index is 1.90. The molecule has 7 nitrogen and oxygen atoms in total. The smallest absolute Gasteiger partial charge is 0.351 e. The van der Waals surface area contributed by atoms with E-state index >= 15 is 0 Å². The van der Waals surface area contributed by atoms with E-state index in [0.717, 1.165) is 5.56 Å². The number of hydrogen-bond acceptors (Lipinski definition) is 8. The van der Waals surface area contributed by atoms with Crippen LogP contribution in [0.1, 0.15) is 34.8 Å². The zero-order valence-electron chi connectivity index (χ0n) is 14.6. The normalized spacial score (nSPS) is 11.5. The van der Waals surface area contributed by atoms with Crippen molar-refractivity contribution in [2.24, 2.45) is 5.10 Å². The van der Waals surface area contributed by atoms with Crippen molar-refractivity contribution in [3.8, 4) is 11.5 Å². The van der Waals surface area contributed by atoms with E-state index < -0.39 is 11.6 Å². The second kappa shape index (κ2) is 7.98. The number of rotatable bonds is 7. The Morgan fingerprint density at radius 2 is 2.24 bits per heavy atom. The summed E-state index contributed by atoms with van der Waals surface area (Å²) in [5.41, 5.74) is 5.17. The van der Waals surface area contributed by atoms with E-state index in [-0.39, 0.29) is 5.75 Å². The molecule has 1 aromatic carbocycles. The first kappa shape index (κ1) is 18.7. The van der Waals surface area contributed by atoms with Gasteiger partial charge in [0.1, 0.15) is 10.5 Å². The minimum absolute atomic E-state index is 0.0844. The fourth-order valence-corrected chi connectivity index (χ4v) is 2.66. The van der Waals surface area contributed by atoms with E-state index in [1.807, 2.05) is 0 Å². The number of esters is 1. The average molecular weight is 363 g/mol. The summed E-state index contributed by atoms with van der Waals surface area (Å²) >= 11 is 1.25. The van der Waals surface area contributed by atoms with Crippen molar-refractivity contribution in [2.45, 2.75) is 32.9 Å². The first-order valence-corrected chi connectivity index (χ1v) is 8.47. The molecule has 0 unspecified atom stereocenters. The van der Waals surface area contributed by atoms with E-state index in [1.165, 1.54) is 24.7 Å². The van der Waals surface area contributed by atoms with Crippen molar-refractivity contribution in [1.82, 2.24) is 10.4 Å². The number of nitrogens with one attached hydrogen (secondary N) is 1. The maximum absolute atomic E-state index is 12.1. The van der Waals surface area contributed by atoms with Crippen LogP contribution in [0.25, 0.3) is 0 Å². The van der Waals surface area contributed by atoms with Gasteiger partial charge in [0.15, 0.2) is 11.5 Å². The van der Waals surface area contributed by atoms with Gasteiger partial charge in [-0.3, -0.25) is 0 Å². The zero-order chi connectivity index (χ0) is 18.4. The van der Waals surface area contributed by atoms with Gasteiger partial charge < -0.3 is 20.0 Å². The predicted octanol–water partition coefficient (Wildman–Crippen LogP) is 2.88. The molecule has 0 aliphatic rings. The quantitative estimate of drug-likeness (QED) is 0.446. The number of phenolic OH excluding ortho intramolecular Hbond substituents is 1. The number of phenols is 1. The number of aromatic nitrogens is 1. The van der Waals surface area contributed by atoms with Crippen molar-refractivity contribution in [3.05, 3.63) is 39.8 Å². The Bertz CT molecular complexity index is 771. The van der Waals surface area contributed by atoms with E-state index in [4.69, 9.17) is 9.47 Å². The number of aryl methyl sites for hydroxylation is 1. The molecule has 2 aromatic rings. The van der Waals surface area contributed by atoms with Crippen LogP contribution < -0.4 is 10.2 Å². The number of benzene rings is 1. The molecule has 0 amide bonds. The molecule has 0 atom stereocenters. The van der Waals surface area contributed by atoms with Gasteiger partial charge in [-0.15, -0.1) is 11.3 Å². The number of hydrazone groups is 1. The minimum Gasteiger partial charge on any atom is -0.504 e. The summed E-state index contributed by atoms with van der Waals surface area (Å²) in [6.07, 6.45) is 1.53. The molecular formula is C17H21N3O4S. The molecule has 1 aromatic heterocycles. The Hall–Kier alpha value is -2.61. The van der Waals surface area contributed by atoms with Gasteiger partial charge >= 0.3 is 5.97 Å². The molecule has 134 valence electrons. The molecule has 0 saturated carbocycles. The Morgan fingerprint density at radius 3 is 2.88 bits per heavy atom. The maximum Gasteiger partial charge on any atom is 0.351 e. The van der Waals surface area contributed by atoms with Crippen LogP contribution in [0.5, 0.6) is 11.5 Å². The minimum atomic E-state index is -0.868. The number of ether oxygens (including phenoxy) is 2. The second-order valence-corrected chi connectivity index (χ2v) is 6.71. The molecule has 0 aliphatic carbocycles. The van der Waals surface area contributed by atoms with Gasteiger partial charge in [0.25, 0.3) is 0 Å². The highest BCUT2D eigenvalue weighted by molar-refractivity contribution is 7.11. The molecule has 0 aliphatic heterocycles. The molecular weight excluding hydrogens is 342 g/mol. The van der Waals surface area contributed by atoms with Crippen LogP contribution in [-0.2, 0) is 11.3 Å². The number of carbonyl (C=O) groups excluding carboxylic acids is 1. The van der Waals surface area contributed by atoms with Gasteiger partial charge in [0.05, 0.1) is 31.1 Å². The molecule has 0 bridgehead atoms. The Labute approximate surface area is 150 Å². The van der Waals surface area contributed by atoms with Crippen molar-refractivity contribution in [3.63, 3.8) is 0 Å². The van der Waals surface area contributed by atoms with E-state index in [0.29, 0.717) is 22.9 Å². The molecule has 25 heavy (non-hydrogen) atoms. The van der Waals surface area contributed by atoms with Crippen LogP contribution in [-0.4, -0.2) is 35.0 Å². The third-order valence-electron chi connectivity index (χ3n) is 3.28. The first-order chi connectivity index (χ1) is 11.8. The fourth-order valence-electron chi connectivity index (χ4n) is 1.98. The summed E-state index contributed by atoms with van der Waals surface area (Å²) < 4.78 is 10.5. The molecule has 8 heteroatoms. The van der Waals surface area contributed by atoms with Crippen LogP contribution >= 0.6 is 11.3 Å². The first-order valence-electron chi connectivity index (χ1n) is 7.59. The van der Waals surface area contributed by atoms with Gasteiger partial charge in [0, 0.05) is 0 Å². The van der Waals surface area contributed by atoms with Crippen molar-refractivity contribution >= 4 is 23.5 Å². The van der Waals surface area contributed by atoms with Gasteiger partial charge in [-0.05, 0) is 38.5 Å². The average Bonchev–Trinajstić information content (AvgIpc) is 2.98. The van der Waals surface area contributed by atoms with Crippen LogP contribution in [0.2, 0.25) is 0 Å². The summed E-state index contributed by atoms with van der Waals surface area (Å²) in [6.45, 7) is 5.69. The number of methoxy groups -OCH3 is 1. The van der Waals surface area contributed by atoms with Gasteiger partial charge in [0.2, 0.25) is 0 Å². The highest BCUT2D eigenvalue weighted by Crippen LogP contribution is 2.26. The summed E-state index contributed by atoms with van der Waals surface area (Å²) in [7, 11) is 1.49. The lowest BCUT2D eigenvalue weighted by molar-refractivity contribution is 0.0251. The third kappa shape index (κ3) is 5.18. The summed E-state index contributed by atoms with van der Waals surface area (Å²) in [6, 6.07) is 5.04. The van der Waals surface area contributed by atoms with E-state index in [1.54, 1.807) is 44.5 Å². The SMILES string of the molecule is COc1cc(CN/N=C/C(C)(C)OC(=O)c2scnc2C)ccc1O. The van der Waals surface area contributed by atoms with E-state index in [9.17, 15) is 9.90 Å². The number of thiazole rings is 1. The Morgan fingerprint density at radius 1 is 1.48 bits per heavy atom. The largest absolute Gasteiger partial charge is 0.504 e. The third-order valence-corrected chi connectivity index (χ3v) is 4.19. The van der Waals surface area contributed by atoms with Crippen LogP contribution in [0.4, 0.5) is 0 Å². The number of aromatic hydroxyl groups is 1. The van der Waals surface area contributed by atoms with Crippen LogP contribution in [0.15, 0.2) is 28.8 Å². The topological polar surface area (TPSA) is 93.0 Å². The summed E-state index contributed by atoms with van der Waals surface area (Å²) in [5, 5.41) is 13.7. The Kier molecular flexibility index (Phi) is 5.97. The summed E-state index contributed by atoms with van der Waals surface area (Å²) in [5.74, 6) is 0.0679. The molecule has 2 N–H and O–H groups in total. The molecule has 0 spiro atoms. The monoisotopic (exact) mass is 363 g/mol. The lowest BCUT2D eigenvalue weighted by Gasteiger charge is -2.19. The summed E-state index contributed by atoms with van der Waals surface area (Å²) in [4.78, 5) is 16.7. The van der Waals surface area contributed by atoms with Crippen molar-refractivity contribution in [2.75, 3.05) is 7.11 Å². The zero-order valence-corrected chi connectivity index (χ0v) is 15.4. The maximum atomic E-state index is 12.1. The second-order valence-electron chi connectivity index (χ2n) is 5.86. The molecule has 2 rings (SSSR count). The van der Waals surface area contributed by atoms with Gasteiger partial charge in [-0.2, -0.15) is 5.10 Å². The molecule has 0 radical (unpaired) electrons. The predicted molar refractivity (Wildman–Crippen MR) is 96.3 cm³/mol. The van der Waals surface area contributed by atoms with Crippen LogP contribution in [0.3, 0.4) is 0 Å². The lowest BCUT2D eigenvalue weighted by atomic mass is 10.1. The van der Waals surface area contributed by atoms with Crippen molar-refractivity contribution < 1.29 is 19.4 Å². The molecule has 1 heterocycles. The fraction of sp³-hybridized carbons (Fsp3) is 0.353. The standard InChI is InChI=1S/C17H21N3O4S/c1-11-15(25-10-18-11)16(22)24-17(2,3)9-20-19-8-12-5-6-13(21)14(7-12)23-4/h5-7,9-10,19,21H,8H2,1-4H3/b20-9+. The van der Waals surface area contributed by atoms with Gasteiger partial charge in [-0.1, -0.05) is 6.07 Å². The number of nitrogens with zero attached hydrogens (tertiary/aromatic N) is 2. The van der Waals surface area contributed by atoms with E-state index in [2.05, 4.69) is 15.5 Å². The highest BCUT2D eigenvalue weighted by Gasteiger charge is 2.24. The molecule has 0 fully saturated rings. The van der Waals surface area contributed by atoms with Gasteiger partial charge in [-0.25, -0.2) is 9.78 Å². The molecule has 0 saturated heterocycles. The highest BCUT2D eigenvalue weighted by atomic mass is 32.1.